The Bertz CT molecular complexity index is 763. The lowest BCUT2D eigenvalue weighted by molar-refractivity contribution is -0.127. The summed E-state index contributed by atoms with van der Waals surface area (Å²) in [5, 5.41) is 2.83. The van der Waals surface area contributed by atoms with Gasteiger partial charge in [0.25, 0.3) is 5.91 Å². The van der Waals surface area contributed by atoms with Crippen molar-refractivity contribution in [3.8, 4) is 0 Å². The molecule has 0 radical (unpaired) electrons. The van der Waals surface area contributed by atoms with Crippen LogP contribution in [-0.2, 0) is 14.3 Å². The van der Waals surface area contributed by atoms with Crippen molar-refractivity contribution in [1.29, 1.82) is 0 Å². The van der Waals surface area contributed by atoms with Crippen LogP contribution in [-0.4, -0.2) is 60.9 Å². The predicted molar refractivity (Wildman–Crippen MR) is 92.9 cm³/mol. The molecule has 4 amide bonds. The van der Waals surface area contributed by atoms with Crippen LogP contribution in [0, 0.1) is 0 Å². The lowest BCUT2D eigenvalue weighted by Crippen LogP contribution is -2.50. The number of Topliss-reactive ketones (excluding diaryl/α,β-unsaturated/α-hetero) is 1. The highest BCUT2D eigenvalue weighted by Gasteiger charge is 2.48. The van der Waals surface area contributed by atoms with E-state index in [9.17, 15) is 19.2 Å². The van der Waals surface area contributed by atoms with E-state index in [4.69, 9.17) is 4.74 Å². The molecule has 1 aromatic carbocycles. The number of hydrogen-bond acceptors (Lipinski definition) is 5. The maximum atomic E-state index is 12.8. The van der Waals surface area contributed by atoms with Gasteiger partial charge in [0.2, 0.25) is 5.91 Å². The minimum atomic E-state index is -0.606. The first-order valence-electron chi connectivity index (χ1n) is 8.46. The Hall–Kier alpha value is -2.74. The van der Waals surface area contributed by atoms with E-state index in [-0.39, 0.29) is 36.3 Å². The molecule has 2 aliphatic heterocycles. The van der Waals surface area contributed by atoms with Crippen molar-refractivity contribution < 1.29 is 23.9 Å². The summed E-state index contributed by atoms with van der Waals surface area (Å²) in [6.45, 7) is 1.78. The van der Waals surface area contributed by atoms with Crippen LogP contribution >= 0.6 is 0 Å². The van der Waals surface area contributed by atoms with Crippen molar-refractivity contribution in [3.05, 3.63) is 29.8 Å². The first-order chi connectivity index (χ1) is 12.4. The molecule has 2 saturated heterocycles. The summed E-state index contributed by atoms with van der Waals surface area (Å²) in [6, 6.07) is 5.31. The zero-order valence-electron chi connectivity index (χ0n) is 14.7. The fourth-order valence-electron chi connectivity index (χ4n) is 3.43. The van der Waals surface area contributed by atoms with E-state index >= 15 is 0 Å². The van der Waals surface area contributed by atoms with Gasteiger partial charge in [-0.25, -0.2) is 9.69 Å². The quantitative estimate of drug-likeness (QED) is 0.624. The monoisotopic (exact) mass is 359 g/mol. The van der Waals surface area contributed by atoms with Gasteiger partial charge in [0, 0.05) is 25.3 Å². The van der Waals surface area contributed by atoms with Gasteiger partial charge in [0.05, 0.1) is 5.69 Å². The second kappa shape index (κ2) is 7.25. The Kier molecular flexibility index (Phi) is 5.03. The molecule has 2 fully saturated rings. The molecule has 26 heavy (non-hydrogen) atoms. The molecule has 0 spiro atoms. The van der Waals surface area contributed by atoms with Crippen molar-refractivity contribution in [2.24, 2.45) is 0 Å². The molecular weight excluding hydrogens is 338 g/mol. The van der Waals surface area contributed by atoms with E-state index in [1.165, 1.54) is 18.9 Å². The normalized spacial score (nSPS) is 22.4. The summed E-state index contributed by atoms with van der Waals surface area (Å²) in [5.41, 5.74) is 0.833. The second-order valence-electron chi connectivity index (χ2n) is 6.49. The number of methoxy groups -OCH3 is 1. The van der Waals surface area contributed by atoms with Crippen LogP contribution in [0.1, 0.15) is 30.1 Å². The smallest absolute Gasteiger partial charge is 0.332 e. The molecule has 0 aromatic heterocycles. The molecule has 2 aliphatic rings. The first-order valence-corrected chi connectivity index (χ1v) is 8.46. The number of carbonyl (C=O) groups excluding carboxylic acids is 4. The van der Waals surface area contributed by atoms with Gasteiger partial charge in [-0.05, 0) is 31.9 Å². The Labute approximate surface area is 151 Å². The van der Waals surface area contributed by atoms with Crippen LogP contribution < -0.4 is 10.2 Å². The molecule has 1 aromatic rings. The number of anilines is 1. The van der Waals surface area contributed by atoms with Crippen molar-refractivity contribution in [1.82, 2.24) is 10.2 Å². The van der Waals surface area contributed by atoms with E-state index in [1.54, 1.807) is 24.3 Å². The summed E-state index contributed by atoms with van der Waals surface area (Å²) in [6.07, 6.45) is 0.940. The van der Waals surface area contributed by atoms with E-state index in [1.807, 2.05) is 0 Å². The van der Waals surface area contributed by atoms with Gasteiger partial charge in [0.1, 0.15) is 12.6 Å². The minimum Gasteiger partial charge on any atom is -0.375 e. The fraction of sp³-hybridized carbons (Fsp3) is 0.444. The predicted octanol–water partition coefficient (Wildman–Crippen LogP) is 0.951. The molecule has 2 heterocycles. The van der Waals surface area contributed by atoms with Gasteiger partial charge in [-0.1, -0.05) is 12.1 Å². The van der Waals surface area contributed by atoms with Crippen LogP contribution in [0.4, 0.5) is 10.5 Å². The molecule has 3 rings (SSSR count). The Balaban J connectivity index is 1.78. The molecule has 0 saturated carbocycles. The van der Waals surface area contributed by atoms with Crippen LogP contribution in [0.2, 0.25) is 0 Å². The van der Waals surface area contributed by atoms with E-state index < -0.39 is 6.04 Å². The van der Waals surface area contributed by atoms with E-state index in [0.29, 0.717) is 30.6 Å². The lowest BCUT2D eigenvalue weighted by Gasteiger charge is -2.32. The molecule has 2 unspecified atom stereocenters. The lowest BCUT2D eigenvalue weighted by atomic mass is 9.98. The number of amides is 4. The van der Waals surface area contributed by atoms with Gasteiger partial charge in [-0.15, -0.1) is 0 Å². The van der Waals surface area contributed by atoms with Crippen molar-refractivity contribution in [2.75, 3.05) is 25.2 Å². The fourth-order valence-corrected chi connectivity index (χ4v) is 3.43. The number of imide groups is 1. The Morgan fingerprint density at radius 2 is 2.08 bits per heavy atom. The van der Waals surface area contributed by atoms with Gasteiger partial charge >= 0.3 is 6.03 Å². The van der Waals surface area contributed by atoms with Crippen molar-refractivity contribution >= 4 is 29.3 Å². The number of benzene rings is 1. The third-order valence-corrected chi connectivity index (χ3v) is 4.70. The summed E-state index contributed by atoms with van der Waals surface area (Å²) in [5.74, 6) is -0.709. The molecule has 0 bridgehead atoms. The summed E-state index contributed by atoms with van der Waals surface area (Å²) in [4.78, 5) is 51.5. The number of nitrogens with one attached hydrogen (secondary N) is 1. The molecule has 138 valence electrons. The number of piperidine rings is 1. The molecule has 8 nitrogen and oxygen atoms in total. The first kappa shape index (κ1) is 18.1. The highest BCUT2D eigenvalue weighted by atomic mass is 16.5. The van der Waals surface area contributed by atoms with Gasteiger partial charge in [0.15, 0.2) is 5.78 Å². The number of hydrogen-bond donors (Lipinski definition) is 1. The number of ether oxygens (including phenoxy) is 1. The Morgan fingerprint density at radius 1 is 1.31 bits per heavy atom. The second-order valence-corrected chi connectivity index (χ2v) is 6.49. The SMILES string of the molecule is COCC(=O)NC1CCN2C(=O)N(c3cccc(C(C)=O)c3)C(=O)C2C1. The third-order valence-electron chi connectivity index (χ3n) is 4.70. The van der Waals surface area contributed by atoms with E-state index in [2.05, 4.69) is 5.32 Å². The zero-order valence-corrected chi connectivity index (χ0v) is 14.7. The average Bonchev–Trinajstić information content (AvgIpc) is 2.86. The van der Waals surface area contributed by atoms with Crippen LogP contribution in [0.5, 0.6) is 0 Å². The minimum absolute atomic E-state index is 0.0400. The number of carbonyl (C=O) groups is 4. The largest absolute Gasteiger partial charge is 0.375 e. The summed E-state index contributed by atoms with van der Waals surface area (Å²) < 4.78 is 4.80. The highest BCUT2D eigenvalue weighted by Crippen LogP contribution is 2.31. The number of ketones is 1. The maximum Gasteiger partial charge on any atom is 0.332 e. The zero-order chi connectivity index (χ0) is 18.8. The average molecular weight is 359 g/mol. The Morgan fingerprint density at radius 3 is 2.77 bits per heavy atom. The standard InChI is InChI=1S/C18H21N3O5/c1-11(22)12-4-3-5-14(8-12)21-17(24)15-9-13(19-16(23)10-26-2)6-7-20(15)18(21)25/h3-5,8,13,15H,6-7,9-10H2,1-2H3,(H,19,23). The van der Waals surface area contributed by atoms with Gasteiger partial charge in [-0.2, -0.15) is 0 Å². The summed E-state index contributed by atoms with van der Waals surface area (Å²) in [7, 11) is 1.44. The van der Waals surface area contributed by atoms with Crippen LogP contribution in [0.3, 0.4) is 0 Å². The summed E-state index contributed by atoms with van der Waals surface area (Å²) >= 11 is 0. The van der Waals surface area contributed by atoms with Crippen LogP contribution in [0.15, 0.2) is 24.3 Å². The number of nitrogens with zero attached hydrogens (tertiary/aromatic N) is 2. The van der Waals surface area contributed by atoms with Gasteiger partial charge < -0.3 is 15.0 Å². The van der Waals surface area contributed by atoms with Crippen molar-refractivity contribution in [2.45, 2.75) is 31.8 Å². The van der Waals surface area contributed by atoms with Crippen LogP contribution in [0.25, 0.3) is 0 Å². The number of urea groups is 1. The van der Waals surface area contributed by atoms with Gasteiger partial charge in [-0.3, -0.25) is 14.4 Å². The topological polar surface area (TPSA) is 96.0 Å². The van der Waals surface area contributed by atoms with E-state index in [0.717, 1.165) is 4.90 Å². The highest BCUT2D eigenvalue weighted by molar-refractivity contribution is 6.21. The molecule has 0 aliphatic carbocycles. The third kappa shape index (κ3) is 3.32. The number of rotatable bonds is 5. The molecular formula is C18H21N3O5. The van der Waals surface area contributed by atoms with Crippen molar-refractivity contribution in [3.63, 3.8) is 0 Å². The number of fused-ring (bicyclic) bond motifs is 1. The maximum absolute atomic E-state index is 12.8. The molecule has 8 heteroatoms. The molecule has 1 N–H and O–H groups in total. The molecule has 2 atom stereocenters.